The number of nitrogens with one attached hydrogen (secondary N) is 1. The number of anilines is 1. The van der Waals surface area contributed by atoms with Crippen LogP contribution in [0.15, 0.2) is 66.7 Å². The fourth-order valence-corrected chi connectivity index (χ4v) is 7.81. The third-order valence-corrected chi connectivity index (χ3v) is 9.86. The number of hydrogen-bond donors (Lipinski definition) is 1. The summed E-state index contributed by atoms with van der Waals surface area (Å²) in [4.78, 5) is 40.9. The average molecular weight is 547 g/mol. The van der Waals surface area contributed by atoms with Crippen molar-refractivity contribution in [2.24, 2.45) is 17.8 Å². The summed E-state index contributed by atoms with van der Waals surface area (Å²) in [6, 6.07) is 19.6. The van der Waals surface area contributed by atoms with E-state index in [0.717, 1.165) is 38.3 Å². The molecule has 38 heavy (non-hydrogen) atoms. The fourth-order valence-electron chi connectivity index (χ4n) is 6.72. The molecule has 0 saturated carbocycles. The summed E-state index contributed by atoms with van der Waals surface area (Å²) in [5, 5.41) is 2.93. The molecule has 194 valence electrons. The first kappa shape index (κ1) is 25.1. The van der Waals surface area contributed by atoms with E-state index in [1.54, 1.807) is 0 Å². The number of hydrogen-bond acceptors (Lipinski definition) is 3. The largest absolute Gasteiger partial charge is 0.324 e. The second-order valence-electron chi connectivity index (χ2n) is 11.0. The Morgan fingerprint density at radius 2 is 1.24 bits per heavy atom. The lowest BCUT2D eigenvalue weighted by Gasteiger charge is -2.54. The van der Waals surface area contributed by atoms with Crippen molar-refractivity contribution in [3.8, 4) is 0 Å². The molecule has 1 heterocycles. The number of amides is 3. The summed E-state index contributed by atoms with van der Waals surface area (Å²) in [5.74, 6) is -3.55. The van der Waals surface area contributed by atoms with Gasteiger partial charge in [0, 0.05) is 5.69 Å². The van der Waals surface area contributed by atoms with E-state index >= 15 is 0 Å². The number of imide groups is 1. The first-order valence-corrected chi connectivity index (χ1v) is 13.6. The Bertz CT molecular complexity index is 1410. The van der Waals surface area contributed by atoms with E-state index in [2.05, 4.69) is 5.32 Å². The molecule has 0 aromatic heterocycles. The molecule has 7 heteroatoms. The second kappa shape index (κ2) is 8.42. The number of alkyl halides is 2. The van der Waals surface area contributed by atoms with Crippen LogP contribution in [0.2, 0.25) is 0 Å². The van der Waals surface area contributed by atoms with Gasteiger partial charge < -0.3 is 5.32 Å². The van der Waals surface area contributed by atoms with Crippen LogP contribution in [0.1, 0.15) is 47.2 Å². The maximum atomic E-state index is 14.3. The van der Waals surface area contributed by atoms with Crippen LogP contribution in [-0.2, 0) is 24.1 Å². The van der Waals surface area contributed by atoms with Gasteiger partial charge in [-0.3, -0.25) is 19.3 Å². The van der Waals surface area contributed by atoms with Gasteiger partial charge in [0.25, 0.3) is 0 Å². The lowest BCUT2D eigenvalue weighted by atomic mass is 9.54. The Morgan fingerprint density at radius 1 is 0.789 bits per heavy atom. The van der Waals surface area contributed by atoms with Crippen LogP contribution in [0.3, 0.4) is 0 Å². The summed E-state index contributed by atoms with van der Waals surface area (Å²) in [6.07, 6.45) is 0. The van der Waals surface area contributed by atoms with Gasteiger partial charge in [-0.2, -0.15) is 0 Å². The van der Waals surface area contributed by atoms with Crippen molar-refractivity contribution in [2.75, 3.05) is 5.32 Å². The topological polar surface area (TPSA) is 66.5 Å². The van der Waals surface area contributed by atoms with Gasteiger partial charge in [-0.25, -0.2) is 0 Å². The molecule has 0 spiro atoms. The third kappa shape index (κ3) is 3.09. The van der Waals surface area contributed by atoms with Gasteiger partial charge in [-0.15, -0.1) is 23.2 Å². The number of rotatable bonds is 4. The van der Waals surface area contributed by atoms with E-state index < -0.39 is 45.3 Å². The molecule has 3 aromatic carbocycles. The Hall–Kier alpha value is -3.15. The van der Waals surface area contributed by atoms with Crippen LogP contribution in [-0.4, -0.2) is 28.7 Å². The number of aryl methyl sites for hydroxylation is 2. The molecule has 2 bridgehead atoms. The number of carbonyl (C=O) groups excluding carboxylic acids is 3. The Kier molecular flexibility index (Phi) is 5.57. The summed E-state index contributed by atoms with van der Waals surface area (Å²) >= 11 is 15.0. The molecule has 1 saturated heterocycles. The lowest BCUT2D eigenvalue weighted by molar-refractivity contribution is -0.148. The molecule has 4 aliphatic rings. The van der Waals surface area contributed by atoms with E-state index in [4.69, 9.17) is 23.2 Å². The van der Waals surface area contributed by atoms with Gasteiger partial charge in [0.1, 0.15) is 15.8 Å². The normalized spacial score (nSPS) is 27.7. The molecule has 5 nitrogen and oxygen atoms in total. The molecular weight excluding hydrogens is 519 g/mol. The molecule has 1 fully saturated rings. The van der Waals surface area contributed by atoms with Crippen molar-refractivity contribution in [1.29, 1.82) is 0 Å². The molecule has 7 rings (SSSR count). The van der Waals surface area contributed by atoms with E-state index in [-0.39, 0.29) is 5.92 Å². The van der Waals surface area contributed by atoms with Crippen LogP contribution in [0, 0.1) is 31.6 Å². The molecule has 3 aliphatic carbocycles. The monoisotopic (exact) mass is 546 g/mol. The van der Waals surface area contributed by atoms with Crippen LogP contribution < -0.4 is 5.32 Å². The number of carbonyl (C=O) groups is 3. The molecule has 0 radical (unpaired) electrons. The summed E-state index contributed by atoms with van der Waals surface area (Å²) < 4.78 is 0. The van der Waals surface area contributed by atoms with Gasteiger partial charge in [-0.05, 0) is 65.3 Å². The second-order valence-corrected chi connectivity index (χ2v) is 12.2. The number of nitrogens with zero attached hydrogens (tertiary/aromatic N) is 1. The summed E-state index contributed by atoms with van der Waals surface area (Å²) in [7, 11) is 0. The van der Waals surface area contributed by atoms with Crippen molar-refractivity contribution in [3.63, 3.8) is 0 Å². The Balaban J connectivity index is 1.47. The third-order valence-electron chi connectivity index (χ3n) is 8.57. The first-order chi connectivity index (χ1) is 18.0. The summed E-state index contributed by atoms with van der Waals surface area (Å²) in [6.45, 7) is 7.62. The Morgan fingerprint density at radius 3 is 1.63 bits per heavy atom. The van der Waals surface area contributed by atoms with Gasteiger partial charge in [0.05, 0.1) is 11.8 Å². The molecule has 0 unspecified atom stereocenters. The Labute approximate surface area is 232 Å². The van der Waals surface area contributed by atoms with Gasteiger partial charge in [0.15, 0.2) is 0 Å². The molecule has 1 aliphatic heterocycles. The van der Waals surface area contributed by atoms with E-state index in [9.17, 15) is 14.4 Å². The summed E-state index contributed by atoms with van der Waals surface area (Å²) in [5.41, 5.74) is 5.69. The predicted octanol–water partition coefficient (Wildman–Crippen LogP) is 5.86. The smallest absolute Gasteiger partial charge is 0.247 e. The van der Waals surface area contributed by atoms with Gasteiger partial charge >= 0.3 is 0 Å². The zero-order chi connectivity index (χ0) is 27.1. The number of benzene rings is 3. The van der Waals surface area contributed by atoms with Crippen LogP contribution in [0.25, 0.3) is 0 Å². The molecule has 3 amide bonds. The average Bonchev–Trinajstić information content (AvgIpc) is 3.16. The molecule has 1 N–H and O–H groups in total. The van der Waals surface area contributed by atoms with E-state index in [1.165, 1.54) is 0 Å². The van der Waals surface area contributed by atoms with Crippen LogP contribution >= 0.6 is 23.2 Å². The number of halogens is 2. The maximum absolute atomic E-state index is 14.3. The van der Waals surface area contributed by atoms with Crippen molar-refractivity contribution < 1.29 is 14.4 Å². The molecular formula is C31H28Cl2N2O3. The standard InChI is InChI=1S/C31H28Cl2N2O3/c1-16(2)26(27(36)34-19-14-13-17(3)18(4)15-19)35-28(37)24-25(29(35)38)31(33)21-10-6-5-9-20(21)30(24,32)22-11-7-8-12-23(22)31/h5-16,24-26H,1-4H3,(H,34,36)/t24-,25+,26-,30?,31?/m0/s1. The van der Waals surface area contributed by atoms with Crippen molar-refractivity contribution >= 4 is 46.6 Å². The van der Waals surface area contributed by atoms with Crippen molar-refractivity contribution in [1.82, 2.24) is 4.90 Å². The van der Waals surface area contributed by atoms with Crippen molar-refractivity contribution in [3.05, 3.63) is 100 Å². The first-order valence-electron chi connectivity index (χ1n) is 12.9. The lowest BCUT2D eigenvalue weighted by Crippen LogP contribution is -2.57. The zero-order valence-corrected chi connectivity index (χ0v) is 23.1. The van der Waals surface area contributed by atoms with Gasteiger partial charge in [-0.1, -0.05) is 68.4 Å². The minimum Gasteiger partial charge on any atom is -0.324 e. The molecule has 3 aromatic rings. The highest BCUT2D eigenvalue weighted by atomic mass is 35.5. The van der Waals surface area contributed by atoms with E-state index in [1.807, 2.05) is 94.4 Å². The van der Waals surface area contributed by atoms with Crippen LogP contribution in [0.5, 0.6) is 0 Å². The highest BCUT2D eigenvalue weighted by Crippen LogP contribution is 2.69. The fraction of sp³-hybridized carbons (Fsp3) is 0.323. The highest BCUT2D eigenvalue weighted by molar-refractivity contribution is 6.36. The van der Waals surface area contributed by atoms with Gasteiger partial charge in [0.2, 0.25) is 17.7 Å². The minimum atomic E-state index is -1.28. The zero-order valence-electron chi connectivity index (χ0n) is 21.6. The maximum Gasteiger partial charge on any atom is 0.247 e. The van der Waals surface area contributed by atoms with E-state index in [0.29, 0.717) is 5.69 Å². The highest BCUT2D eigenvalue weighted by Gasteiger charge is 2.73. The molecule has 3 atom stereocenters. The minimum absolute atomic E-state index is 0.338. The SMILES string of the molecule is Cc1ccc(NC(=O)[C@H](C(C)C)N2C(=O)[C@@H]3[C@H](C2=O)C2(Cl)c4ccccc4C3(Cl)c3ccccc32)cc1C. The van der Waals surface area contributed by atoms with Crippen molar-refractivity contribution in [2.45, 2.75) is 43.5 Å². The predicted molar refractivity (Wildman–Crippen MR) is 148 cm³/mol. The van der Waals surface area contributed by atoms with Crippen LogP contribution in [0.4, 0.5) is 5.69 Å². The number of likely N-dealkylation sites (tertiary alicyclic amines) is 1. The quantitative estimate of drug-likeness (QED) is 0.329.